The Labute approximate surface area is 124 Å². The Morgan fingerprint density at radius 1 is 1.14 bits per heavy atom. The van der Waals surface area contributed by atoms with E-state index in [9.17, 15) is 4.79 Å². The molecule has 0 unspecified atom stereocenters. The second-order valence-corrected chi connectivity index (χ2v) is 4.98. The molecule has 2 aromatic rings. The first-order chi connectivity index (χ1) is 10.1. The highest BCUT2D eigenvalue weighted by molar-refractivity contribution is 5.83. The Morgan fingerprint density at radius 3 is 2.43 bits per heavy atom. The summed E-state index contributed by atoms with van der Waals surface area (Å²) in [5, 5.41) is 4.23. The highest BCUT2D eigenvalue weighted by Gasteiger charge is 2.11. The Balaban J connectivity index is 2.55. The maximum Gasteiger partial charge on any atom is 0.255 e. The van der Waals surface area contributed by atoms with Crippen molar-refractivity contribution in [1.29, 1.82) is 0 Å². The molecule has 1 aromatic carbocycles. The molecule has 1 N–H and O–H groups in total. The van der Waals surface area contributed by atoms with Crippen LogP contribution in [0.25, 0.3) is 10.9 Å². The van der Waals surface area contributed by atoms with Gasteiger partial charge in [-0.05, 0) is 25.1 Å². The second kappa shape index (κ2) is 6.63. The van der Waals surface area contributed by atoms with Crippen LogP contribution in [-0.4, -0.2) is 25.3 Å². The predicted octanol–water partition coefficient (Wildman–Crippen LogP) is 2.06. The number of hydrogen-bond donors (Lipinski definition) is 1. The molecule has 0 fully saturated rings. The molecule has 0 saturated heterocycles. The van der Waals surface area contributed by atoms with E-state index in [1.54, 1.807) is 25.8 Å². The third-order valence-electron chi connectivity index (χ3n) is 3.55. The van der Waals surface area contributed by atoms with E-state index in [2.05, 4.69) is 12.2 Å². The average Bonchev–Trinajstić information content (AvgIpc) is 2.51. The number of nitrogens with zero attached hydrogens (tertiary/aromatic N) is 1. The van der Waals surface area contributed by atoms with E-state index >= 15 is 0 Å². The Morgan fingerprint density at radius 2 is 1.81 bits per heavy atom. The van der Waals surface area contributed by atoms with Crippen LogP contribution in [-0.2, 0) is 13.6 Å². The van der Waals surface area contributed by atoms with Gasteiger partial charge in [0.2, 0.25) is 0 Å². The summed E-state index contributed by atoms with van der Waals surface area (Å²) in [7, 11) is 4.97. The lowest BCUT2D eigenvalue weighted by molar-refractivity contribution is 0.355. The lowest BCUT2D eigenvalue weighted by Gasteiger charge is -2.13. The van der Waals surface area contributed by atoms with Crippen molar-refractivity contribution in [2.24, 2.45) is 7.05 Å². The van der Waals surface area contributed by atoms with E-state index in [4.69, 9.17) is 9.47 Å². The fourth-order valence-electron chi connectivity index (χ4n) is 2.39. The summed E-state index contributed by atoms with van der Waals surface area (Å²) in [6, 6.07) is 5.65. The fourth-order valence-corrected chi connectivity index (χ4v) is 2.39. The maximum absolute atomic E-state index is 12.4. The zero-order valence-electron chi connectivity index (χ0n) is 13.0. The van der Waals surface area contributed by atoms with Gasteiger partial charge >= 0.3 is 0 Å². The molecule has 0 aliphatic carbocycles. The summed E-state index contributed by atoms with van der Waals surface area (Å²) in [6.07, 6.45) is 1.04. The number of rotatable bonds is 6. The number of benzene rings is 1. The molecule has 0 aliphatic heterocycles. The summed E-state index contributed by atoms with van der Waals surface area (Å²) >= 11 is 0. The predicted molar refractivity (Wildman–Crippen MR) is 84.3 cm³/mol. The molecule has 1 heterocycles. The fraction of sp³-hybridized carbons (Fsp3) is 0.438. The van der Waals surface area contributed by atoms with Crippen LogP contribution in [0.3, 0.4) is 0 Å². The normalized spacial score (nSPS) is 10.9. The molecular weight excluding hydrogens is 268 g/mol. The molecule has 5 heteroatoms. The first kappa shape index (κ1) is 15.4. The number of hydrogen-bond acceptors (Lipinski definition) is 4. The van der Waals surface area contributed by atoms with Crippen LogP contribution >= 0.6 is 0 Å². The molecule has 0 bridgehead atoms. The maximum atomic E-state index is 12.4. The highest BCUT2D eigenvalue weighted by atomic mass is 16.5. The SMILES string of the molecule is CCCNCc1cc2cc(OC)c(OC)cc2n(C)c1=O. The molecule has 1 aromatic heterocycles. The molecule has 0 atom stereocenters. The summed E-state index contributed by atoms with van der Waals surface area (Å²) in [4.78, 5) is 12.4. The van der Waals surface area contributed by atoms with Crippen molar-refractivity contribution in [2.45, 2.75) is 19.9 Å². The van der Waals surface area contributed by atoms with Gasteiger partial charge in [-0.3, -0.25) is 4.79 Å². The summed E-state index contributed by atoms with van der Waals surface area (Å²) in [5.74, 6) is 1.29. The Bertz CT molecular complexity index is 692. The minimum absolute atomic E-state index is 0.0123. The zero-order chi connectivity index (χ0) is 15.4. The van der Waals surface area contributed by atoms with Crippen LogP contribution in [0.5, 0.6) is 11.5 Å². The van der Waals surface area contributed by atoms with Crippen LogP contribution in [0, 0.1) is 0 Å². The van der Waals surface area contributed by atoms with Gasteiger partial charge in [0.05, 0.1) is 19.7 Å². The van der Waals surface area contributed by atoms with Crippen LogP contribution in [0.1, 0.15) is 18.9 Å². The van der Waals surface area contributed by atoms with Crippen molar-refractivity contribution >= 4 is 10.9 Å². The first-order valence-corrected chi connectivity index (χ1v) is 7.07. The van der Waals surface area contributed by atoms with Gasteiger partial charge in [-0.15, -0.1) is 0 Å². The zero-order valence-corrected chi connectivity index (χ0v) is 13.0. The number of methoxy groups -OCH3 is 2. The number of aromatic nitrogens is 1. The van der Waals surface area contributed by atoms with Crippen molar-refractivity contribution in [2.75, 3.05) is 20.8 Å². The van der Waals surface area contributed by atoms with Crippen molar-refractivity contribution in [3.05, 3.63) is 34.1 Å². The van der Waals surface area contributed by atoms with Crippen molar-refractivity contribution in [3.8, 4) is 11.5 Å². The number of nitrogens with one attached hydrogen (secondary N) is 1. The third kappa shape index (κ3) is 3.03. The minimum atomic E-state index is 0.0123. The van der Waals surface area contributed by atoms with Gasteiger partial charge in [-0.25, -0.2) is 0 Å². The third-order valence-corrected chi connectivity index (χ3v) is 3.55. The molecule has 2 rings (SSSR count). The Kier molecular flexibility index (Phi) is 4.85. The van der Waals surface area contributed by atoms with Gasteiger partial charge in [0.1, 0.15) is 0 Å². The second-order valence-electron chi connectivity index (χ2n) is 4.98. The molecular formula is C16H22N2O3. The first-order valence-electron chi connectivity index (χ1n) is 7.07. The number of aryl methyl sites for hydroxylation is 1. The van der Waals surface area contributed by atoms with E-state index in [0.717, 1.165) is 29.4 Å². The quantitative estimate of drug-likeness (QED) is 0.827. The largest absolute Gasteiger partial charge is 0.493 e. The summed E-state index contributed by atoms with van der Waals surface area (Å²) < 4.78 is 12.3. The lowest BCUT2D eigenvalue weighted by Crippen LogP contribution is -2.26. The topological polar surface area (TPSA) is 52.5 Å². The monoisotopic (exact) mass is 290 g/mol. The van der Waals surface area contributed by atoms with E-state index < -0.39 is 0 Å². The number of pyridine rings is 1. The van der Waals surface area contributed by atoms with Gasteiger partial charge in [0.15, 0.2) is 11.5 Å². The highest BCUT2D eigenvalue weighted by Crippen LogP contribution is 2.31. The van der Waals surface area contributed by atoms with Crippen molar-refractivity contribution in [3.63, 3.8) is 0 Å². The summed E-state index contributed by atoms with van der Waals surface area (Å²) in [5.41, 5.74) is 1.60. The molecule has 114 valence electrons. The van der Waals surface area contributed by atoms with E-state index in [1.165, 1.54) is 0 Å². The summed E-state index contributed by atoms with van der Waals surface area (Å²) in [6.45, 7) is 3.57. The van der Waals surface area contributed by atoms with Crippen LogP contribution < -0.4 is 20.3 Å². The van der Waals surface area contributed by atoms with E-state index in [-0.39, 0.29) is 5.56 Å². The van der Waals surface area contributed by atoms with E-state index in [1.807, 2.05) is 18.2 Å². The molecule has 0 saturated carbocycles. The molecule has 0 spiro atoms. The molecule has 5 nitrogen and oxygen atoms in total. The molecule has 0 aliphatic rings. The van der Waals surface area contributed by atoms with Crippen LogP contribution in [0.4, 0.5) is 0 Å². The van der Waals surface area contributed by atoms with Gasteiger partial charge in [0.25, 0.3) is 5.56 Å². The lowest BCUT2D eigenvalue weighted by atomic mass is 10.1. The minimum Gasteiger partial charge on any atom is -0.493 e. The number of fused-ring (bicyclic) bond motifs is 1. The molecule has 21 heavy (non-hydrogen) atoms. The van der Waals surface area contributed by atoms with Gasteiger partial charge < -0.3 is 19.4 Å². The van der Waals surface area contributed by atoms with Crippen molar-refractivity contribution < 1.29 is 9.47 Å². The van der Waals surface area contributed by atoms with Crippen LogP contribution in [0.2, 0.25) is 0 Å². The van der Waals surface area contributed by atoms with Gasteiger partial charge in [0, 0.05) is 30.6 Å². The smallest absolute Gasteiger partial charge is 0.255 e. The van der Waals surface area contributed by atoms with Gasteiger partial charge in [-0.2, -0.15) is 0 Å². The van der Waals surface area contributed by atoms with Crippen LogP contribution in [0.15, 0.2) is 23.0 Å². The number of ether oxygens (including phenoxy) is 2. The molecule has 0 radical (unpaired) electrons. The molecule has 0 amide bonds. The van der Waals surface area contributed by atoms with Crippen molar-refractivity contribution in [1.82, 2.24) is 9.88 Å². The van der Waals surface area contributed by atoms with Gasteiger partial charge in [-0.1, -0.05) is 6.92 Å². The Hall–Kier alpha value is -2.01. The van der Waals surface area contributed by atoms with E-state index in [0.29, 0.717) is 18.0 Å². The standard InChI is InChI=1S/C16H22N2O3/c1-5-6-17-10-12-7-11-8-14(20-3)15(21-4)9-13(11)18(2)16(12)19/h7-9,17H,5-6,10H2,1-4H3. The average molecular weight is 290 g/mol.